The van der Waals surface area contributed by atoms with E-state index in [0.29, 0.717) is 5.92 Å². The summed E-state index contributed by atoms with van der Waals surface area (Å²) in [5.41, 5.74) is 3.90. The fourth-order valence-electron chi connectivity index (χ4n) is 2.49. The van der Waals surface area contributed by atoms with Gasteiger partial charge < -0.3 is 15.6 Å². The molecule has 2 aromatic rings. The number of benzene rings is 1. The Morgan fingerprint density at radius 2 is 2.05 bits per heavy atom. The lowest BCUT2D eigenvalue weighted by Crippen LogP contribution is -2.39. The smallest absolute Gasteiger partial charge is 0.190 e. The first kappa shape index (κ1) is 18.8. The summed E-state index contributed by atoms with van der Waals surface area (Å²) < 4.78 is 0. The van der Waals surface area contributed by atoms with E-state index in [2.05, 4.69) is 65.8 Å². The fourth-order valence-corrected chi connectivity index (χ4v) is 2.49. The molecule has 1 heterocycles. The zero-order valence-electron chi connectivity index (χ0n) is 13.9. The molecule has 3 N–H and O–H groups in total. The molecule has 0 spiro atoms. The monoisotopic (exact) mass is 414 g/mol. The number of hydrogen-bond donors (Lipinski definition) is 3. The number of aromatic nitrogens is 1. The van der Waals surface area contributed by atoms with E-state index in [4.69, 9.17) is 0 Å². The predicted octanol–water partition coefficient (Wildman–Crippen LogP) is 3.46. The largest absolute Gasteiger partial charge is 0.361 e. The molecular formula is C17H27IN4. The Kier molecular flexibility index (Phi) is 7.72. The summed E-state index contributed by atoms with van der Waals surface area (Å²) in [4.78, 5) is 7.59. The van der Waals surface area contributed by atoms with Gasteiger partial charge in [0.1, 0.15) is 0 Å². The number of aryl methyl sites for hydroxylation is 1. The van der Waals surface area contributed by atoms with Crippen molar-refractivity contribution in [1.82, 2.24) is 15.6 Å². The molecular weight excluding hydrogens is 387 g/mol. The maximum Gasteiger partial charge on any atom is 0.190 e. The summed E-state index contributed by atoms with van der Waals surface area (Å²) in [7, 11) is 1.81. The Morgan fingerprint density at radius 1 is 1.27 bits per heavy atom. The number of nitrogens with zero attached hydrogens (tertiary/aromatic N) is 1. The van der Waals surface area contributed by atoms with Crippen LogP contribution in [-0.4, -0.2) is 31.1 Å². The molecule has 0 aliphatic heterocycles. The number of nitrogens with one attached hydrogen (secondary N) is 3. The van der Waals surface area contributed by atoms with E-state index in [1.807, 2.05) is 7.05 Å². The second kappa shape index (κ2) is 9.02. The van der Waals surface area contributed by atoms with Gasteiger partial charge in [0, 0.05) is 37.2 Å². The molecule has 0 radical (unpaired) electrons. The molecule has 0 saturated heterocycles. The number of hydrogen-bond acceptors (Lipinski definition) is 1. The van der Waals surface area contributed by atoms with Crippen molar-refractivity contribution >= 4 is 40.8 Å². The third-order valence-electron chi connectivity index (χ3n) is 3.58. The van der Waals surface area contributed by atoms with Gasteiger partial charge in [-0.1, -0.05) is 26.0 Å². The SMILES string of the molecule is CN=C(NCCc1c[nH]c2cccc(C)c12)NCC(C)C.I. The van der Waals surface area contributed by atoms with Crippen molar-refractivity contribution in [3.8, 4) is 0 Å². The number of rotatable bonds is 5. The minimum absolute atomic E-state index is 0. The summed E-state index contributed by atoms with van der Waals surface area (Å²) >= 11 is 0. The van der Waals surface area contributed by atoms with Crippen LogP contribution < -0.4 is 10.6 Å². The molecule has 2 rings (SSSR count). The van der Waals surface area contributed by atoms with Crippen molar-refractivity contribution in [2.75, 3.05) is 20.1 Å². The Hall–Kier alpha value is -1.24. The molecule has 0 fully saturated rings. The predicted molar refractivity (Wildman–Crippen MR) is 106 cm³/mol. The number of halogens is 1. The van der Waals surface area contributed by atoms with Crippen LogP contribution in [0.5, 0.6) is 0 Å². The van der Waals surface area contributed by atoms with Gasteiger partial charge in [-0.15, -0.1) is 24.0 Å². The molecule has 0 bridgehead atoms. The van der Waals surface area contributed by atoms with Crippen molar-refractivity contribution in [3.05, 3.63) is 35.5 Å². The molecule has 0 aliphatic carbocycles. The number of aromatic amines is 1. The van der Waals surface area contributed by atoms with Gasteiger partial charge in [0.2, 0.25) is 0 Å². The molecule has 0 saturated carbocycles. The van der Waals surface area contributed by atoms with Gasteiger partial charge in [-0.3, -0.25) is 4.99 Å². The van der Waals surface area contributed by atoms with E-state index in [9.17, 15) is 0 Å². The third kappa shape index (κ3) is 4.90. The van der Waals surface area contributed by atoms with Gasteiger partial charge in [0.25, 0.3) is 0 Å². The van der Waals surface area contributed by atoms with Crippen LogP contribution in [0.25, 0.3) is 10.9 Å². The van der Waals surface area contributed by atoms with Crippen LogP contribution in [0.4, 0.5) is 0 Å². The van der Waals surface area contributed by atoms with Crippen LogP contribution in [0, 0.1) is 12.8 Å². The molecule has 0 aliphatic rings. The van der Waals surface area contributed by atoms with E-state index in [1.54, 1.807) is 0 Å². The highest BCUT2D eigenvalue weighted by Gasteiger charge is 2.06. The number of H-pyrrole nitrogens is 1. The van der Waals surface area contributed by atoms with Gasteiger partial charge in [-0.2, -0.15) is 0 Å². The lowest BCUT2D eigenvalue weighted by molar-refractivity contribution is 0.614. The van der Waals surface area contributed by atoms with Crippen LogP contribution >= 0.6 is 24.0 Å². The summed E-state index contributed by atoms with van der Waals surface area (Å²) in [5.74, 6) is 1.49. The molecule has 4 nitrogen and oxygen atoms in total. The zero-order valence-corrected chi connectivity index (χ0v) is 16.2. The molecule has 122 valence electrons. The second-order valence-corrected chi connectivity index (χ2v) is 5.84. The van der Waals surface area contributed by atoms with Crippen molar-refractivity contribution in [2.24, 2.45) is 10.9 Å². The summed E-state index contributed by atoms with van der Waals surface area (Å²) in [6.45, 7) is 8.35. The van der Waals surface area contributed by atoms with E-state index in [0.717, 1.165) is 25.5 Å². The quantitative estimate of drug-likeness (QED) is 0.399. The molecule has 0 amide bonds. The van der Waals surface area contributed by atoms with Gasteiger partial charge in [0.05, 0.1) is 0 Å². The van der Waals surface area contributed by atoms with E-state index in [-0.39, 0.29) is 24.0 Å². The Labute approximate surface area is 150 Å². The maximum absolute atomic E-state index is 4.25. The zero-order chi connectivity index (χ0) is 15.2. The molecule has 22 heavy (non-hydrogen) atoms. The highest BCUT2D eigenvalue weighted by molar-refractivity contribution is 14.0. The van der Waals surface area contributed by atoms with E-state index in [1.165, 1.54) is 22.0 Å². The molecule has 0 unspecified atom stereocenters. The van der Waals surface area contributed by atoms with Gasteiger partial charge >= 0.3 is 0 Å². The highest BCUT2D eigenvalue weighted by Crippen LogP contribution is 2.22. The lowest BCUT2D eigenvalue weighted by atomic mass is 10.1. The second-order valence-electron chi connectivity index (χ2n) is 5.84. The molecule has 1 aromatic carbocycles. The van der Waals surface area contributed by atoms with Crippen LogP contribution in [0.2, 0.25) is 0 Å². The Bertz CT molecular complexity index is 616. The van der Waals surface area contributed by atoms with Gasteiger partial charge in [-0.05, 0) is 36.5 Å². The van der Waals surface area contributed by atoms with Crippen LogP contribution in [0.3, 0.4) is 0 Å². The van der Waals surface area contributed by atoms with Crippen molar-refractivity contribution in [1.29, 1.82) is 0 Å². The fraction of sp³-hybridized carbons (Fsp3) is 0.471. The average molecular weight is 414 g/mol. The minimum Gasteiger partial charge on any atom is -0.361 e. The number of guanidine groups is 1. The van der Waals surface area contributed by atoms with Crippen molar-refractivity contribution in [3.63, 3.8) is 0 Å². The third-order valence-corrected chi connectivity index (χ3v) is 3.58. The maximum atomic E-state index is 4.25. The molecule has 5 heteroatoms. The van der Waals surface area contributed by atoms with Gasteiger partial charge in [0.15, 0.2) is 5.96 Å². The summed E-state index contributed by atoms with van der Waals surface area (Å²) in [6.07, 6.45) is 3.09. The first-order valence-electron chi connectivity index (χ1n) is 7.62. The number of fused-ring (bicyclic) bond motifs is 1. The normalized spacial score (nSPS) is 11.6. The summed E-state index contributed by atoms with van der Waals surface area (Å²) in [6, 6.07) is 6.38. The standard InChI is InChI=1S/C17H26N4.HI/c1-12(2)10-21-17(18-4)19-9-8-14-11-20-15-7-5-6-13(3)16(14)15;/h5-7,11-12,20H,8-10H2,1-4H3,(H2,18,19,21);1H. The Morgan fingerprint density at radius 3 is 2.73 bits per heavy atom. The summed E-state index contributed by atoms with van der Waals surface area (Å²) in [5, 5.41) is 8.05. The lowest BCUT2D eigenvalue weighted by Gasteiger charge is -2.13. The first-order valence-corrected chi connectivity index (χ1v) is 7.62. The van der Waals surface area contributed by atoms with Crippen molar-refractivity contribution in [2.45, 2.75) is 27.2 Å². The van der Waals surface area contributed by atoms with E-state index < -0.39 is 0 Å². The van der Waals surface area contributed by atoms with Crippen LogP contribution in [-0.2, 0) is 6.42 Å². The first-order chi connectivity index (χ1) is 10.1. The Balaban J connectivity index is 0.00000242. The minimum atomic E-state index is 0. The van der Waals surface area contributed by atoms with Crippen molar-refractivity contribution < 1.29 is 0 Å². The van der Waals surface area contributed by atoms with Gasteiger partial charge in [-0.25, -0.2) is 0 Å². The van der Waals surface area contributed by atoms with Crippen LogP contribution in [0.15, 0.2) is 29.4 Å². The number of aliphatic imine (C=N–C) groups is 1. The topological polar surface area (TPSA) is 52.2 Å². The highest BCUT2D eigenvalue weighted by atomic mass is 127. The van der Waals surface area contributed by atoms with Crippen LogP contribution in [0.1, 0.15) is 25.0 Å². The van der Waals surface area contributed by atoms with E-state index >= 15 is 0 Å². The average Bonchev–Trinajstić information content (AvgIpc) is 2.87. The molecule has 1 aromatic heterocycles. The molecule has 0 atom stereocenters.